The van der Waals surface area contributed by atoms with E-state index in [1.54, 1.807) is 42.6 Å². The van der Waals surface area contributed by atoms with Gasteiger partial charge >= 0.3 is 0 Å². The van der Waals surface area contributed by atoms with E-state index in [2.05, 4.69) is 15.7 Å². The maximum absolute atomic E-state index is 12.9. The number of nitrogens with one attached hydrogen (secondary N) is 2. The first-order valence-corrected chi connectivity index (χ1v) is 10.4. The molecule has 0 saturated heterocycles. The lowest BCUT2D eigenvalue weighted by molar-refractivity contribution is -0.118. The standard InChI is InChI=1S/C24H27N5O3/c1-15(2)14-21(27-23(31)19-7-5-4-6-16(19)3)24(32)26-17-8-10-18(11-9-17)29-13-12-20(28-29)22(25)30/h4-13,15,21H,14H2,1-3H3,(H2,25,30)(H,26,32)(H,27,31). The highest BCUT2D eigenvalue weighted by molar-refractivity contribution is 6.01. The van der Waals surface area contributed by atoms with Crippen molar-refractivity contribution in [2.45, 2.75) is 33.2 Å². The van der Waals surface area contributed by atoms with Crippen LogP contribution < -0.4 is 16.4 Å². The highest BCUT2D eigenvalue weighted by atomic mass is 16.2. The molecule has 4 N–H and O–H groups in total. The van der Waals surface area contributed by atoms with Gasteiger partial charge in [-0.3, -0.25) is 14.4 Å². The van der Waals surface area contributed by atoms with Crippen LogP contribution in [-0.4, -0.2) is 33.5 Å². The first-order chi connectivity index (χ1) is 15.2. The van der Waals surface area contributed by atoms with E-state index in [9.17, 15) is 14.4 Å². The summed E-state index contributed by atoms with van der Waals surface area (Å²) in [6, 6.07) is 15.1. The fourth-order valence-corrected chi connectivity index (χ4v) is 3.29. The summed E-state index contributed by atoms with van der Waals surface area (Å²) >= 11 is 0. The quantitative estimate of drug-likeness (QED) is 0.506. The van der Waals surface area contributed by atoms with Crippen LogP contribution in [0.5, 0.6) is 0 Å². The average Bonchev–Trinajstić information content (AvgIpc) is 3.24. The fourth-order valence-electron chi connectivity index (χ4n) is 3.29. The van der Waals surface area contributed by atoms with E-state index in [4.69, 9.17) is 5.73 Å². The van der Waals surface area contributed by atoms with E-state index < -0.39 is 11.9 Å². The molecule has 32 heavy (non-hydrogen) atoms. The van der Waals surface area contributed by atoms with Crippen LogP contribution in [0.25, 0.3) is 5.69 Å². The number of primary amides is 1. The lowest BCUT2D eigenvalue weighted by Gasteiger charge is -2.21. The summed E-state index contributed by atoms with van der Waals surface area (Å²) in [5.74, 6) is -0.951. The summed E-state index contributed by atoms with van der Waals surface area (Å²) in [6.07, 6.45) is 2.14. The van der Waals surface area contributed by atoms with Gasteiger partial charge in [0.1, 0.15) is 11.7 Å². The summed E-state index contributed by atoms with van der Waals surface area (Å²) in [7, 11) is 0. The molecule has 8 heteroatoms. The van der Waals surface area contributed by atoms with Gasteiger partial charge in [-0.05, 0) is 61.2 Å². The zero-order valence-electron chi connectivity index (χ0n) is 18.3. The number of anilines is 1. The van der Waals surface area contributed by atoms with Gasteiger partial charge in [-0.1, -0.05) is 32.0 Å². The monoisotopic (exact) mass is 433 g/mol. The predicted molar refractivity (Wildman–Crippen MR) is 123 cm³/mol. The molecule has 166 valence electrons. The summed E-state index contributed by atoms with van der Waals surface area (Å²) < 4.78 is 1.52. The van der Waals surface area contributed by atoms with Crippen molar-refractivity contribution in [1.29, 1.82) is 0 Å². The highest BCUT2D eigenvalue weighted by Crippen LogP contribution is 2.16. The van der Waals surface area contributed by atoms with Crippen molar-refractivity contribution >= 4 is 23.4 Å². The Morgan fingerprint density at radius 2 is 1.72 bits per heavy atom. The number of hydrogen-bond acceptors (Lipinski definition) is 4. The van der Waals surface area contributed by atoms with E-state index >= 15 is 0 Å². The molecule has 0 fully saturated rings. The van der Waals surface area contributed by atoms with Gasteiger partial charge in [-0.15, -0.1) is 0 Å². The second-order valence-electron chi connectivity index (χ2n) is 8.02. The highest BCUT2D eigenvalue weighted by Gasteiger charge is 2.23. The molecule has 0 radical (unpaired) electrons. The van der Waals surface area contributed by atoms with Gasteiger partial charge in [0.2, 0.25) is 5.91 Å². The first kappa shape index (κ1) is 22.7. The van der Waals surface area contributed by atoms with E-state index in [0.717, 1.165) is 5.56 Å². The molecule has 0 aliphatic heterocycles. The van der Waals surface area contributed by atoms with Crippen LogP contribution in [-0.2, 0) is 4.79 Å². The molecule has 2 aromatic carbocycles. The summed E-state index contributed by atoms with van der Waals surface area (Å²) in [5, 5.41) is 9.84. The van der Waals surface area contributed by atoms with Crippen molar-refractivity contribution < 1.29 is 14.4 Å². The predicted octanol–water partition coefficient (Wildman–Crippen LogP) is 3.06. The van der Waals surface area contributed by atoms with E-state index in [0.29, 0.717) is 23.4 Å². The van der Waals surface area contributed by atoms with Crippen LogP contribution in [0.2, 0.25) is 0 Å². The van der Waals surface area contributed by atoms with Crippen molar-refractivity contribution in [2.75, 3.05) is 5.32 Å². The molecule has 3 rings (SSSR count). The van der Waals surface area contributed by atoms with Crippen molar-refractivity contribution in [1.82, 2.24) is 15.1 Å². The third-order valence-electron chi connectivity index (χ3n) is 4.96. The molecular formula is C24H27N5O3. The van der Waals surface area contributed by atoms with Crippen molar-refractivity contribution in [3.8, 4) is 5.69 Å². The third-order valence-corrected chi connectivity index (χ3v) is 4.96. The molecular weight excluding hydrogens is 406 g/mol. The number of amides is 3. The number of rotatable bonds is 8. The van der Waals surface area contributed by atoms with Crippen molar-refractivity contribution in [3.05, 3.63) is 77.6 Å². The number of aryl methyl sites for hydroxylation is 1. The summed E-state index contributed by atoms with van der Waals surface area (Å²) in [6.45, 7) is 5.86. The third kappa shape index (κ3) is 5.60. The van der Waals surface area contributed by atoms with Gasteiger partial charge in [0.15, 0.2) is 0 Å². The summed E-state index contributed by atoms with van der Waals surface area (Å²) in [5.41, 5.74) is 8.10. The Bertz CT molecular complexity index is 1120. The average molecular weight is 434 g/mol. The largest absolute Gasteiger partial charge is 0.364 e. The van der Waals surface area contributed by atoms with Crippen LogP contribution in [0, 0.1) is 12.8 Å². The number of hydrogen-bond donors (Lipinski definition) is 3. The number of carbonyl (C=O) groups excluding carboxylic acids is 3. The van der Waals surface area contributed by atoms with Gasteiger partial charge in [-0.2, -0.15) is 5.10 Å². The molecule has 1 aromatic heterocycles. The fraction of sp³-hybridized carbons (Fsp3) is 0.250. The molecule has 0 bridgehead atoms. The number of benzene rings is 2. The normalized spacial score (nSPS) is 11.8. The minimum atomic E-state index is -0.675. The zero-order chi connectivity index (χ0) is 23.3. The second kappa shape index (κ2) is 9.91. The van der Waals surface area contributed by atoms with E-state index in [1.807, 2.05) is 32.9 Å². The van der Waals surface area contributed by atoms with Crippen LogP contribution in [0.4, 0.5) is 5.69 Å². The Balaban J connectivity index is 1.70. The molecule has 0 aliphatic carbocycles. The Morgan fingerprint density at radius 3 is 2.31 bits per heavy atom. The molecule has 3 aromatic rings. The minimum absolute atomic E-state index is 0.170. The van der Waals surface area contributed by atoms with Gasteiger partial charge in [0, 0.05) is 17.4 Å². The number of nitrogens with zero attached hydrogens (tertiary/aromatic N) is 2. The number of aromatic nitrogens is 2. The molecule has 0 spiro atoms. The Kier molecular flexibility index (Phi) is 7.04. The van der Waals surface area contributed by atoms with Crippen LogP contribution in [0.15, 0.2) is 60.8 Å². The van der Waals surface area contributed by atoms with Crippen LogP contribution in [0.1, 0.15) is 46.7 Å². The molecule has 8 nitrogen and oxygen atoms in total. The Labute approximate surface area is 186 Å². The SMILES string of the molecule is Cc1ccccc1C(=O)NC(CC(C)C)C(=O)Nc1ccc(-n2ccc(C(N)=O)n2)cc1. The van der Waals surface area contributed by atoms with E-state index in [1.165, 1.54) is 10.7 Å². The maximum atomic E-state index is 12.9. The van der Waals surface area contributed by atoms with Crippen molar-refractivity contribution in [3.63, 3.8) is 0 Å². The zero-order valence-corrected chi connectivity index (χ0v) is 18.3. The second-order valence-corrected chi connectivity index (χ2v) is 8.02. The first-order valence-electron chi connectivity index (χ1n) is 10.4. The lowest BCUT2D eigenvalue weighted by Crippen LogP contribution is -2.44. The summed E-state index contributed by atoms with van der Waals surface area (Å²) in [4.78, 5) is 36.9. The maximum Gasteiger partial charge on any atom is 0.269 e. The van der Waals surface area contributed by atoms with Gasteiger partial charge in [0.05, 0.1) is 5.69 Å². The minimum Gasteiger partial charge on any atom is -0.364 e. The smallest absolute Gasteiger partial charge is 0.269 e. The van der Waals surface area contributed by atoms with E-state index in [-0.39, 0.29) is 23.4 Å². The molecule has 0 saturated carbocycles. The van der Waals surface area contributed by atoms with Gasteiger partial charge in [0.25, 0.3) is 11.8 Å². The Hall–Kier alpha value is -3.94. The molecule has 1 atom stereocenters. The number of carbonyl (C=O) groups is 3. The molecule has 0 aliphatic rings. The van der Waals surface area contributed by atoms with Crippen LogP contribution >= 0.6 is 0 Å². The molecule has 1 heterocycles. The molecule has 1 unspecified atom stereocenters. The topological polar surface area (TPSA) is 119 Å². The lowest BCUT2D eigenvalue weighted by atomic mass is 10.0. The van der Waals surface area contributed by atoms with Crippen molar-refractivity contribution in [2.24, 2.45) is 11.7 Å². The molecule has 3 amide bonds. The van der Waals surface area contributed by atoms with Crippen LogP contribution in [0.3, 0.4) is 0 Å². The van der Waals surface area contributed by atoms with Gasteiger partial charge < -0.3 is 16.4 Å². The Morgan fingerprint density at radius 1 is 1.03 bits per heavy atom. The van der Waals surface area contributed by atoms with Gasteiger partial charge in [-0.25, -0.2) is 4.68 Å². The number of nitrogens with two attached hydrogens (primary N) is 1.